The van der Waals surface area contributed by atoms with Crippen LogP contribution in [-0.4, -0.2) is 23.9 Å². The third-order valence-electron chi connectivity index (χ3n) is 1.66. The molecule has 0 aliphatic heterocycles. The number of oxime groups is 1. The molecule has 0 aliphatic carbocycles. The molecule has 80 valence electrons. The van der Waals surface area contributed by atoms with Crippen LogP contribution in [0, 0.1) is 6.92 Å². The van der Waals surface area contributed by atoms with Crippen molar-refractivity contribution in [2.75, 3.05) is 6.61 Å². The summed E-state index contributed by atoms with van der Waals surface area (Å²) in [6.45, 7) is 1.55. The fraction of sp³-hybridized carbons (Fsp3) is 0.200. The summed E-state index contributed by atoms with van der Waals surface area (Å²) < 4.78 is 0.977. The SMILES string of the molecule is Cc1ccc(/C=N/OCC(=O)O)cc1Br. The van der Waals surface area contributed by atoms with E-state index in [2.05, 4.69) is 25.9 Å². The lowest BCUT2D eigenvalue weighted by molar-refractivity contribution is -0.142. The summed E-state index contributed by atoms with van der Waals surface area (Å²) in [5.74, 6) is -1.04. The fourth-order valence-corrected chi connectivity index (χ4v) is 1.28. The van der Waals surface area contributed by atoms with Crippen LogP contribution in [0.3, 0.4) is 0 Å². The van der Waals surface area contributed by atoms with Gasteiger partial charge in [-0.15, -0.1) is 0 Å². The van der Waals surface area contributed by atoms with Crippen molar-refractivity contribution in [2.24, 2.45) is 5.16 Å². The molecular weight excluding hydrogens is 262 g/mol. The standard InChI is InChI=1S/C10H10BrNO3/c1-7-2-3-8(4-9(7)11)5-12-15-6-10(13)14/h2-5H,6H2,1H3,(H,13,14)/b12-5+. The molecule has 1 aromatic carbocycles. The summed E-state index contributed by atoms with van der Waals surface area (Å²) in [4.78, 5) is 14.6. The molecule has 0 aromatic heterocycles. The van der Waals surface area contributed by atoms with Gasteiger partial charge < -0.3 is 9.94 Å². The van der Waals surface area contributed by atoms with Gasteiger partial charge in [-0.25, -0.2) is 4.79 Å². The number of aliphatic carboxylic acids is 1. The first-order chi connectivity index (χ1) is 7.09. The predicted octanol–water partition coefficient (Wildman–Crippen LogP) is 2.19. The van der Waals surface area contributed by atoms with Crippen LogP contribution in [0.1, 0.15) is 11.1 Å². The van der Waals surface area contributed by atoms with Gasteiger partial charge in [0.2, 0.25) is 6.61 Å². The van der Waals surface area contributed by atoms with Crippen molar-refractivity contribution in [2.45, 2.75) is 6.92 Å². The first-order valence-corrected chi connectivity index (χ1v) is 5.02. The van der Waals surface area contributed by atoms with E-state index in [9.17, 15) is 4.79 Å². The first kappa shape index (κ1) is 11.7. The van der Waals surface area contributed by atoms with E-state index in [4.69, 9.17) is 5.11 Å². The molecule has 0 bridgehead atoms. The van der Waals surface area contributed by atoms with Crippen molar-refractivity contribution in [3.05, 3.63) is 33.8 Å². The summed E-state index contributed by atoms with van der Waals surface area (Å²) in [7, 11) is 0. The summed E-state index contributed by atoms with van der Waals surface area (Å²) in [6, 6.07) is 5.68. The Hall–Kier alpha value is -1.36. The van der Waals surface area contributed by atoms with Crippen LogP contribution < -0.4 is 0 Å². The second kappa shape index (κ2) is 5.50. The van der Waals surface area contributed by atoms with E-state index in [0.717, 1.165) is 15.6 Å². The van der Waals surface area contributed by atoms with Gasteiger partial charge in [0.1, 0.15) is 0 Å². The summed E-state index contributed by atoms with van der Waals surface area (Å²) >= 11 is 3.38. The molecule has 0 amide bonds. The molecule has 0 heterocycles. The highest BCUT2D eigenvalue weighted by Gasteiger charge is 1.96. The molecule has 0 atom stereocenters. The minimum atomic E-state index is -1.04. The van der Waals surface area contributed by atoms with Gasteiger partial charge in [-0.3, -0.25) is 0 Å². The van der Waals surface area contributed by atoms with E-state index in [1.165, 1.54) is 6.21 Å². The first-order valence-electron chi connectivity index (χ1n) is 4.23. The Labute approximate surface area is 95.7 Å². The van der Waals surface area contributed by atoms with Crippen LogP contribution in [0.4, 0.5) is 0 Å². The predicted molar refractivity (Wildman–Crippen MR) is 60.1 cm³/mol. The smallest absolute Gasteiger partial charge is 0.344 e. The van der Waals surface area contributed by atoms with Gasteiger partial charge in [0.25, 0.3) is 0 Å². The highest BCUT2D eigenvalue weighted by molar-refractivity contribution is 9.10. The van der Waals surface area contributed by atoms with Crippen molar-refractivity contribution in [1.82, 2.24) is 0 Å². The molecule has 0 fully saturated rings. The Bertz CT molecular complexity index is 390. The average Bonchev–Trinajstić information content (AvgIpc) is 2.18. The lowest BCUT2D eigenvalue weighted by Crippen LogP contribution is -2.03. The number of aryl methyl sites for hydroxylation is 1. The number of hydrogen-bond acceptors (Lipinski definition) is 3. The molecule has 0 saturated heterocycles. The van der Waals surface area contributed by atoms with Crippen LogP contribution in [0.2, 0.25) is 0 Å². The maximum Gasteiger partial charge on any atom is 0.344 e. The molecule has 0 saturated carbocycles. The number of nitrogens with zero attached hydrogens (tertiary/aromatic N) is 1. The number of carbonyl (C=O) groups is 1. The zero-order chi connectivity index (χ0) is 11.3. The highest BCUT2D eigenvalue weighted by Crippen LogP contribution is 2.16. The Kier molecular flexibility index (Phi) is 4.30. The van der Waals surface area contributed by atoms with Crippen molar-refractivity contribution >= 4 is 28.1 Å². The Morgan fingerprint density at radius 3 is 3.00 bits per heavy atom. The molecule has 0 unspecified atom stereocenters. The van der Waals surface area contributed by atoms with Crippen molar-refractivity contribution in [3.63, 3.8) is 0 Å². The number of carboxylic acid groups (broad SMARTS) is 1. The number of halogens is 1. The van der Waals surface area contributed by atoms with Gasteiger partial charge in [0, 0.05) is 4.47 Å². The fourth-order valence-electron chi connectivity index (χ4n) is 0.880. The van der Waals surface area contributed by atoms with Gasteiger partial charge in [0.15, 0.2) is 0 Å². The van der Waals surface area contributed by atoms with Gasteiger partial charge in [0.05, 0.1) is 6.21 Å². The van der Waals surface area contributed by atoms with Crippen molar-refractivity contribution in [1.29, 1.82) is 0 Å². The zero-order valence-corrected chi connectivity index (χ0v) is 9.69. The second-order valence-corrected chi connectivity index (χ2v) is 3.76. The van der Waals surface area contributed by atoms with Crippen LogP contribution >= 0.6 is 15.9 Å². The van der Waals surface area contributed by atoms with Gasteiger partial charge >= 0.3 is 5.97 Å². The molecule has 15 heavy (non-hydrogen) atoms. The summed E-state index contributed by atoms with van der Waals surface area (Å²) in [5.41, 5.74) is 1.97. The molecular formula is C10H10BrNO3. The largest absolute Gasteiger partial charge is 0.479 e. The van der Waals surface area contributed by atoms with Gasteiger partial charge in [-0.1, -0.05) is 33.2 Å². The van der Waals surface area contributed by atoms with Gasteiger partial charge in [-0.05, 0) is 24.1 Å². The normalized spacial score (nSPS) is 10.5. The number of rotatable bonds is 4. The lowest BCUT2D eigenvalue weighted by atomic mass is 10.2. The summed E-state index contributed by atoms with van der Waals surface area (Å²) in [5, 5.41) is 11.8. The van der Waals surface area contributed by atoms with Crippen LogP contribution in [0.25, 0.3) is 0 Å². The monoisotopic (exact) mass is 271 g/mol. The molecule has 0 aliphatic rings. The summed E-state index contributed by atoms with van der Waals surface area (Å²) in [6.07, 6.45) is 1.47. The van der Waals surface area contributed by atoms with E-state index in [1.807, 2.05) is 25.1 Å². The topological polar surface area (TPSA) is 58.9 Å². The second-order valence-electron chi connectivity index (χ2n) is 2.91. The Balaban J connectivity index is 2.57. The average molecular weight is 272 g/mol. The van der Waals surface area contributed by atoms with Crippen LogP contribution in [0.5, 0.6) is 0 Å². The molecule has 1 aromatic rings. The minimum absolute atomic E-state index is 0.427. The third kappa shape index (κ3) is 4.12. The van der Waals surface area contributed by atoms with Crippen molar-refractivity contribution < 1.29 is 14.7 Å². The van der Waals surface area contributed by atoms with E-state index in [1.54, 1.807) is 0 Å². The van der Waals surface area contributed by atoms with E-state index >= 15 is 0 Å². The number of hydrogen-bond donors (Lipinski definition) is 1. The van der Waals surface area contributed by atoms with Gasteiger partial charge in [-0.2, -0.15) is 0 Å². The molecule has 0 radical (unpaired) electrons. The highest BCUT2D eigenvalue weighted by atomic mass is 79.9. The quantitative estimate of drug-likeness (QED) is 0.675. The lowest BCUT2D eigenvalue weighted by Gasteiger charge is -1.98. The minimum Gasteiger partial charge on any atom is -0.479 e. The van der Waals surface area contributed by atoms with E-state index in [-0.39, 0.29) is 0 Å². The molecule has 5 heteroatoms. The van der Waals surface area contributed by atoms with Crippen LogP contribution in [-0.2, 0) is 9.63 Å². The maximum atomic E-state index is 10.1. The van der Waals surface area contributed by atoms with Crippen LogP contribution in [0.15, 0.2) is 27.8 Å². The van der Waals surface area contributed by atoms with Crippen molar-refractivity contribution in [3.8, 4) is 0 Å². The molecule has 4 nitrogen and oxygen atoms in total. The van der Waals surface area contributed by atoms with E-state index in [0.29, 0.717) is 0 Å². The number of carboxylic acids is 1. The zero-order valence-electron chi connectivity index (χ0n) is 8.11. The molecule has 1 N–H and O–H groups in total. The molecule has 0 spiro atoms. The third-order valence-corrected chi connectivity index (χ3v) is 2.51. The Morgan fingerprint density at radius 1 is 1.67 bits per heavy atom. The molecule has 1 rings (SSSR count). The maximum absolute atomic E-state index is 10.1. The van der Waals surface area contributed by atoms with E-state index < -0.39 is 12.6 Å². The number of benzene rings is 1. The Morgan fingerprint density at radius 2 is 2.40 bits per heavy atom.